The van der Waals surface area contributed by atoms with E-state index in [1.165, 1.54) is 35.5 Å². The molecule has 0 aliphatic carbocycles. The lowest BCUT2D eigenvalue weighted by Gasteiger charge is -2.36. The van der Waals surface area contributed by atoms with Crippen LogP contribution in [-0.2, 0) is 6.42 Å². The van der Waals surface area contributed by atoms with E-state index in [0.29, 0.717) is 5.92 Å². The predicted octanol–water partition coefficient (Wildman–Crippen LogP) is 3.89. The van der Waals surface area contributed by atoms with Gasteiger partial charge < -0.3 is 10.2 Å². The van der Waals surface area contributed by atoms with Gasteiger partial charge in [0.15, 0.2) is 0 Å². The fourth-order valence-electron chi connectivity index (χ4n) is 3.87. The van der Waals surface area contributed by atoms with Gasteiger partial charge in [0, 0.05) is 36.9 Å². The van der Waals surface area contributed by atoms with Crippen LogP contribution in [0.4, 0.5) is 11.4 Å². The average molecular weight is 278 g/mol. The number of nitrogens with one attached hydrogen (secondary N) is 1. The molecule has 0 spiro atoms. The predicted molar refractivity (Wildman–Crippen MR) is 89.2 cm³/mol. The Balaban J connectivity index is 1.61. The molecule has 2 heteroatoms. The number of rotatable bonds is 2. The summed E-state index contributed by atoms with van der Waals surface area (Å²) in [5.74, 6) is 1.34. The van der Waals surface area contributed by atoms with E-state index in [2.05, 4.69) is 65.7 Å². The molecule has 2 aromatic carbocycles. The first-order chi connectivity index (χ1) is 10.3. The second kappa shape index (κ2) is 5.10. The van der Waals surface area contributed by atoms with Crippen LogP contribution in [0.1, 0.15) is 24.0 Å². The van der Waals surface area contributed by atoms with E-state index in [1.807, 2.05) is 0 Å². The van der Waals surface area contributed by atoms with Crippen LogP contribution in [0.15, 0.2) is 48.5 Å². The number of hydrogen-bond acceptors (Lipinski definition) is 2. The minimum absolute atomic E-state index is 0.597. The second-order valence-corrected chi connectivity index (χ2v) is 6.51. The Morgan fingerprint density at radius 2 is 1.90 bits per heavy atom. The molecule has 0 saturated heterocycles. The van der Waals surface area contributed by atoms with Crippen molar-refractivity contribution >= 4 is 11.4 Å². The van der Waals surface area contributed by atoms with Gasteiger partial charge in [0.1, 0.15) is 0 Å². The zero-order valence-electron chi connectivity index (χ0n) is 12.5. The Hall–Kier alpha value is -1.96. The van der Waals surface area contributed by atoms with Gasteiger partial charge in [0.05, 0.1) is 0 Å². The Kier molecular flexibility index (Phi) is 3.10. The maximum Gasteiger partial charge on any atom is 0.0399 e. The summed E-state index contributed by atoms with van der Waals surface area (Å²) in [7, 11) is 0. The quantitative estimate of drug-likeness (QED) is 0.896. The van der Waals surface area contributed by atoms with Gasteiger partial charge in [-0.1, -0.05) is 43.3 Å². The van der Waals surface area contributed by atoms with E-state index in [4.69, 9.17) is 0 Å². The fraction of sp³-hybridized carbons (Fsp3) is 0.368. The summed E-state index contributed by atoms with van der Waals surface area (Å²) < 4.78 is 0. The molecule has 108 valence electrons. The van der Waals surface area contributed by atoms with Crippen molar-refractivity contribution < 1.29 is 0 Å². The maximum absolute atomic E-state index is 3.55. The highest BCUT2D eigenvalue weighted by molar-refractivity contribution is 5.60. The van der Waals surface area contributed by atoms with E-state index in [1.54, 1.807) is 0 Å². The average Bonchev–Trinajstić information content (AvgIpc) is 2.90. The molecule has 4 rings (SSSR count). The highest BCUT2D eigenvalue weighted by Gasteiger charge is 2.27. The zero-order chi connectivity index (χ0) is 14.2. The van der Waals surface area contributed by atoms with Crippen LogP contribution >= 0.6 is 0 Å². The third kappa shape index (κ3) is 2.29. The number of fused-ring (bicyclic) bond motifs is 2. The van der Waals surface area contributed by atoms with E-state index in [9.17, 15) is 0 Å². The van der Waals surface area contributed by atoms with Crippen molar-refractivity contribution in [1.82, 2.24) is 0 Å². The van der Waals surface area contributed by atoms with Crippen molar-refractivity contribution in [1.29, 1.82) is 0 Å². The monoisotopic (exact) mass is 278 g/mol. The molecule has 0 aromatic heterocycles. The molecule has 1 N–H and O–H groups in total. The van der Waals surface area contributed by atoms with Crippen molar-refractivity contribution in [2.75, 3.05) is 29.9 Å². The topological polar surface area (TPSA) is 15.3 Å². The number of benzene rings is 2. The van der Waals surface area contributed by atoms with Gasteiger partial charge in [-0.3, -0.25) is 0 Å². The van der Waals surface area contributed by atoms with Gasteiger partial charge in [-0.15, -0.1) is 0 Å². The Bertz CT molecular complexity index is 650. The molecule has 2 aromatic rings. The van der Waals surface area contributed by atoms with Crippen LogP contribution < -0.4 is 10.2 Å². The summed E-state index contributed by atoms with van der Waals surface area (Å²) >= 11 is 0. The summed E-state index contributed by atoms with van der Waals surface area (Å²) in [6.45, 7) is 5.72. The number of anilines is 2. The summed E-state index contributed by atoms with van der Waals surface area (Å²) in [4.78, 5) is 2.60. The number of para-hydroxylation sites is 2. The largest absolute Gasteiger partial charge is 0.384 e. The Labute approximate surface area is 126 Å². The first-order valence-electron chi connectivity index (χ1n) is 7.97. The molecule has 2 nitrogen and oxygen atoms in total. The van der Waals surface area contributed by atoms with Gasteiger partial charge in [-0.05, 0) is 35.6 Å². The third-order valence-electron chi connectivity index (χ3n) is 4.81. The smallest absolute Gasteiger partial charge is 0.0399 e. The lowest BCUT2D eigenvalue weighted by Crippen LogP contribution is -2.37. The zero-order valence-corrected chi connectivity index (χ0v) is 12.5. The summed E-state index contributed by atoms with van der Waals surface area (Å²) in [6.07, 6.45) is 1.21. The maximum atomic E-state index is 3.55. The molecule has 2 aliphatic heterocycles. The number of hydrogen-bond donors (Lipinski definition) is 1. The van der Waals surface area contributed by atoms with Crippen LogP contribution in [-0.4, -0.2) is 19.6 Å². The molecule has 0 radical (unpaired) electrons. The number of nitrogens with zero attached hydrogens (tertiary/aromatic N) is 1. The molecule has 2 unspecified atom stereocenters. The Morgan fingerprint density at radius 3 is 2.86 bits per heavy atom. The first-order valence-corrected chi connectivity index (χ1v) is 7.97. The molecule has 0 saturated carbocycles. The van der Waals surface area contributed by atoms with Crippen LogP contribution in [0.25, 0.3) is 0 Å². The molecule has 2 heterocycles. The van der Waals surface area contributed by atoms with E-state index >= 15 is 0 Å². The van der Waals surface area contributed by atoms with Crippen molar-refractivity contribution in [2.45, 2.75) is 19.3 Å². The molecule has 21 heavy (non-hydrogen) atoms. The lowest BCUT2D eigenvalue weighted by molar-refractivity contribution is 0.518. The highest BCUT2D eigenvalue weighted by Crippen LogP contribution is 2.35. The minimum atomic E-state index is 0.597. The van der Waals surface area contributed by atoms with Gasteiger partial charge in [-0.2, -0.15) is 0 Å². The molecule has 2 aliphatic rings. The standard InChI is InChI=1S/C19H22N2/c1-14-10-15-6-2-5-9-19(15)21(12-14)13-16-11-20-18-8-4-3-7-17(16)18/h2-9,14,16,20H,10-13H2,1H3. The van der Waals surface area contributed by atoms with Crippen molar-refractivity contribution in [3.63, 3.8) is 0 Å². The molecule has 0 bridgehead atoms. The fourth-order valence-corrected chi connectivity index (χ4v) is 3.87. The third-order valence-corrected chi connectivity index (χ3v) is 4.81. The van der Waals surface area contributed by atoms with Crippen LogP contribution in [0, 0.1) is 5.92 Å². The van der Waals surface area contributed by atoms with Crippen molar-refractivity contribution in [2.24, 2.45) is 5.92 Å². The van der Waals surface area contributed by atoms with Gasteiger partial charge in [0.2, 0.25) is 0 Å². The molecule has 0 amide bonds. The van der Waals surface area contributed by atoms with E-state index < -0.39 is 0 Å². The SMILES string of the molecule is CC1Cc2ccccc2N(CC2CNc3ccccc32)C1. The molecular weight excluding hydrogens is 256 g/mol. The van der Waals surface area contributed by atoms with Crippen molar-refractivity contribution in [3.8, 4) is 0 Å². The summed E-state index contributed by atoms with van der Waals surface area (Å²) in [5, 5.41) is 3.55. The van der Waals surface area contributed by atoms with Crippen LogP contribution in [0.2, 0.25) is 0 Å². The van der Waals surface area contributed by atoms with E-state index in [0.717, 1.165) is 19.0 Å². The molecule has 0 fully saturated rings. The van der Waals surface area contributed by atoms with Crippen LogP contribution in [0.5, 0.6) is 0 Å². The van der Waals surface area contributed by atoms with Gasteiger partial charge in [0.25, 0.3) is 0 Å². The summed E-state index contributed by atoms with van der Waals surface area (Å²) in [5.41, 5.74) is 5.75. The summed E-state index contributed by atoms with van der Waals surface area (Å²) in [6, 6.07) is 17.7. The Morgan fingerprint density at radius 1 is 1.10 bits per heavy atom. The molecule has 2 atom stereocenters. The second-order valence-electron chi connectivity index (χ2n) is 6.51. The highest BCUT2D eigenvalue weighted by atomic mass is 15.1. The lowest BCUT2D eigenvalue weighted by atomic mass is 9.92. The normalized spacial score (nSPS) is 23.4. The van der Waals surface area contributed by atoms with Crippen LogP contribution in [0.3, 0.4) is 0 Å². The minimum Gasteiger partial charge on any atom is -0.384 e. The van der Waals surface area contributed by atoms with E-state index in [-0.39, 0.29) is 0 Å². The van der Waals surface area contributed by atoms with Gasteiger partial charge in [-0.25, -0.2) is 0 Å². The molecular formula is C19H22N2. The first kappa shape index (κ1) is 12.8. The van der Waals surface area contributed by atoms with Gasteiger partial charge >= 0.3 is 0 Å². The van der Waals surface area contributed by atoms with Crippen molar-refractivity contribution in [3.05, 3.63) is 59.7 Å².